The van der Waals surface area contributed by atoms with E-state index in [0.717, 1.165) is 25.2 Å². The van der Waals surface area contributed by atoms with E-state index in [1.807, 2.05) is 17.0 Å². The lowest BCUT2D eigenvalue weighted by Gasteiger charge is -2.34. The highest BCUT2D eigenvalue weighted by Gasteiger charge is 2.46. The lowest BCUT2D eigenvalue weighted by molar-refractivity contribution is -0.886. The molecule has 0 aromatic heterocycles. The lowest BCUT2D eigenvalue weighted by Crippen LogP contribution is -3.11. The Bertz CT molecular complexity index is 946. The van der Waals surface area contributed by atoms with E-state index in [4.69, 9.17) is 11.6 Å². The first kappa shape index (κ1) is 17.9. The monoisotopic (exact) mass is 386 g/mol. The highest BCUT2D eigenvalue weighted by Crippen LogP contribution is 2.44. The Kier molecular flexibility index (Phi) is 4.40. The van der Waals surface area contributed by atoms with Crippen LogP contribution in [0.15, 0.2) is 36.4 Å². The number of non-ortho nitro benzene ring substituents is 1. The zero-order valence-electron chi connectivity index (χ0n) is 15.2. The van der Waals surface area contributed by atoms with Gasteiger partial charge in [0.25, 0.3) is 11.6 Å². The van der Waals surface area contributed by atoms with Gasteiger partial charge in [-0.15, -0.1) is 0 Å². The normalized spacial score (nSPS) is 23.7. The Hall–Kier alpha value is -2.44. The summed E-state index contributed by atoms with van der Waals surface area (Å²) in [6.07, 6.45) is 0.891. The van der Waals surface area contributed by atoms with Crippen molar-refractivity contribution in [1.82, 2.24) is 0 Å². The number of nitro benzene ring substituents is 1. The summed E-state index contributed by atoms with van der Waals surface area (Å²) in [7, 11) is 2.17. The molecule has 0 aliphatic carbocycles. The van der Waals surface area contributed by atoms with Gasteiger partial charge in [0.1, 0.15) is 0 Å². The molecule has 1 N–H and O–H groups in total. The van der Waals surface area contributed by atoms with Crippen LogP contribution in [0.1, 0.15) is 33.8 Å². The van der Waals surface area contributed by atoms with Crippen molar-refractivity contribution in [2.45, 2.75) is 25.3 Å². The van der Waals surface area contributed by atoms with Gasteiger partial charge in [0, 0.05) is 24.2 Å². The van der Waals surface area contributed by atoms with Crippen molar-refractivity contribution >= 4 is 28.9 Å². The molecule has 140 valence electrons. The number of benzene rings is 2. The average Bonchev–Trinajstić information content (AvgIpc) is 2.94. The molecule has 2 aliphatic heterocycles. The van der Waals surface area contributed by atoms with Crippen molar-refractivity contribution in [2.24, 2.45) is 0 Å². The van der Waals surface area contributed by atoms with E-state index in [9.17, 15) is 14.9 Å². The molecule has 0 spiro atoms. The first-order valence-electron chi connectivity index (χ1n) is 9.06. The third-order valence-corrected chi connectivity index (χ3v) is 6.01. The summed E-state index contributed by atoms with van der Waals surface area (Å²) in [5.41, 5.74) is 3.31. The highest BCUT2D eigenvalue weighted by molar-refractivity contribution is 6.34. The van der Waals surface area contributed by atoms with Gasteiger partial charge in [-0.05, 0) is 24.6 Å². The van der Waals surface area contributed by atoms with E-state index >= 15 is 0 Å². The number of carbonyl (C=O) groups excluding carboxylic acids is 1. The van der Waals surface area contributed by atoms with Gasteiger partial charge < -0.3 is 9.80 Å². The standard InChI is InChI=1S/C20H20ClN3O3/c1-12-3-6-18-14(9-12)16-11-22(2)8-7-19(16)23(18)20(25)15-10-13(24(26)27)4-5-17(15)21/h3-6,9-10,16,19H,7-8,11H2,1-2H3/p+1/t16-,19-/m0/s1. The second kappa shape index (κ2) is 6.62. The first-order valence-corrected chi connectivity index (χ1v) is 9.44. The number of hydrogen-bond acceptors (Lipinski definition) is 3. The first-order chi connectivity index (χ1) is 12.9. The van der Waals surface area contributed by atoms with Crippen LogP contribution in [-0.2, 0) is 0 Å². The van der Waals surface area contributed by atoms with Crippen LogP contribution in [-0.4, -0.2) is 37.0 Å². The van der Waals surface area contributed by atoms with Crippen LogP contribution in [0, 0.1) is 17.0 Å². The largest absolute Gasteiger partial charge is 0.337 e. The van der Waals surface area contributed by atoms with E-state index < -0.39 is 4.92 Å². The molecule has 3 atom stereocenters. The number of aryl methyl sites for hydroxylation is 1. The van der Waals surface area contributed by atoms with Crippen molar-refractivity contribution in [2.75, 3.05) is 25.0 Å². The van der Waals surface area contributed by atoms with Crippen molar-refractivity contribution in [3.63, 3.8) is 0 Å². The second-order valence-electron chi connectivity index (χ2n) is 7.53. The molecule has 7 heteroatoms. The molecule has 4 rings (SSSR count). The van der Waals surface area contributed by atoms with Crippen LogP contribution in [0.2, 0.25) is 5.02 Å². The third kappa shape index (κ3) is 2.99. The molecule has 6 nitrogen and oxygen atoms in total. The number of likely N-dealkylation sites (tertiary alicyclic amines) is 1. The smallest absolute Gasteiger partial charge is 0.270 e. The van der Waals surface area contributed by atoms with Crippen LogP contribution in [0.3, 0.4) is 0 Å². The molecule has 0 radical (unpaired) electrons. The minimum Gasteiger partial charge on any atom is -0.337 e. The molecule has 2 aromatic rings. The molecule has 27 heavy (non-hydrogen) atoms. The average molecular weight is 387 g/mol. The number of halogens is 1. The van der Waals surface area contributed by atoms with Crippen LogP contribution < -0.4 is 9.80 Å². The summed E-state index contributed by atoms with van der Waals surface area (Å²) in [5.74, 6) is 0.0101. The summed E-state index contributed by atoms with van der Waals surface area (Å²) in [6.45, 7) is 4.00. The number of fused-ring (bicyclic) bond motifs is 3. The Morgan fingerprint density at radius 2 is 2.07 bits per heavy atom. The molecule has 1 fully saturated rings. The Morgan fingerprint density at radius 1 is 1.30 bits per heavy atom. The predicted octanol–water partition coefficient (Wildman–Crippen LogP) is 2.59. The quantitative estimate of drug-likeness (QED) is 0.637. The fourth-order valence-corrected chi connectivity index (χ4v) is 4.58. The van der Waals surface area contributed by atoms with Crippen LogP contribution in [0.4, 0.5) is 11.4 Å². The topological polar surface area (TPSA) is 67.9 Å². The van der Waals surface area contributed by atoms with Gasteiger partial charge >= 0.3 is 0 Å². The number of nitro groups is 1. The van der Waals surface area contributed by atoms with Crippen molar-refractivity contribution in [1.29, 1.82) is 0 Å². The Morgan fingerprint density at radius 3 is 2.81 bits per heavy atom. The number of hydrogen-bond donors (Lipinski definition) is 1. The van der Waals surface area contributed by atoms with Crippen LogP contribution in [0.25, 0.3) is 0 Å². The maximum absolute atomic E-state index is 13.4. The summed E-state index contributed by atoms with van der Waals surface area (Å²) < 4.78 is 0. The van der Waals surface area contributed by atoms with Crippen molar-refractivity contribution in [3.8, 4) is 0 Å². The molecule has 0 bridgehead atoms. The zero-order chi connectivity index (χ0) is 19.3. The Balaban J connectivity index is 1.80. The van der Waals surface area contributed by atoms with E-state index in [2.05, 4.69) is 20.0 Å². The zero-order valence-corrected chi connectivity index (χ0v) is 16.0. The van der Waals surface area contributed by atoms with Gasteiger partial charge in [-0.25, -0.2) is 0 Å². The lowest BCUT2D eigenvalue weighted by atomic mass is 9.88. The summed E-state index contributed by atoms with van der Waals surface area (Å²) >= 11 is 6.25. The van der Waals surface area contributed by atoms with E-state index in [0.29, 0.717) is 0 Å². The van der Waals surface area contributed by atoms with Crippen molar-refractivity contribution in [3.05, 3.63) is 68.2 Å². The molecule has 2 heterocycles. The van der Waals surface area contributed by atoms with Gasteiger partial charge in [-0.2, -0.15) is 0 Å². The molecule has 1 saturated heterocycles. The number of piperidine rings is 1. The molecule has 2 aliphatic rings. The maximum atomic E-state index is 13.4. The summed E-state index contributed by atoms with van der Waals surface area (Å²) in [4.78, 5) is 27.3. The molecule has 0 saturated carbocycles. The highest BCUT2D eigenvalue weighted by atomic mass is 35.5. The minimum atomic E-state index is -0.504. The maximum Gasteiger partial charge on any atom is 0.270 e. The van der Waals surface area contributed by atoms with E-state index in [1.165, 1.54) is 34.2 Å². The fourth-order valence-electron chi connectivity index (χ4n) is 4.38. The van der Waals surface area contributed by atoms with Crippen LogP contribution >= 0.6 is 11.6 Å². The van der Waals surface area contributed by atoms with Gasteiger partial charge in [-0.1, -0.05) is 29.3 Å². The third-order valence-electron chi connectivity index (χ3n) is 5.68. The minimum absolute atomic E-state index is 0.0633. The number of amides is 1. The van der Waals surface area contributed by atoms with Crippen LogP contribution in [0.5, 0.6) is 0 Å². The number of likely N-dealkylation sites (N-methyl/N-ethyl adjacent to an activating group) is 1. The number of nitrogens with one attached hydrogen (secondary N) is 1. The number of carbonyl (C=O) groups is 1. The second-order valence-corrected chi connectivity index (χ2v) is 7.94. The van der Waals surface area contributed by atoms with Gasteiger partial charge in [-0.3, -0.25) is 14.9 Å². The molecular weight excluding hydrogens is 366 g/mol. The molecule has 1 amide bonds. The van der Waals surface area contributed by atoms with E-state index in [1.54, 1.807) is 0 Å². The Labute approximate surface area is 162 Å². The summed E-state index contributed by atoms with van der Waals surface area (Å²) in [6, 6.07) is 10.2. The number of anilines is 1. The number of rotatable bonds is 2. The van der Waals surface area contributed by atoms with Crippen molar-refractivity contribution < 1.29 is 14.6 Å². The SMILES string of the molecule is Cc1ccc2c(c1)[C@@H]1C[NH+](C)CC[C@@H]1N2C(=O)c1cc([N+](=O)[O-])ccc1Cl. The summed E-state index contributed by atoms with van der Waals surface area (Å²) in [5, 5.41) is 11.4. The fraction of sp³-hybridized carbons (Fsp3) is 0.350. The van der Waals surface area contributed by atoms with Gasteiger partial charge in [0.05, 0.1) is 47.6 Å². The number of quaternary nitrogens is 1. The molecule has 1 unspecified atom stereocenters. The molecule has 2 aromatic carbocycles. The van der Waals surface area contributed by atoms with E-state index in [-0.39, 0.29) is 34.1 Å². The van der Waals surface area contributed by atoms with Gasteiger partial charge in [0.15, 0.2) is 0 Å². The predicted molar refractivity (Wildman–Crippen MR) is 104 cm³/mol. The van der Waals surface area contributed by atoms with Gasteiger partial charge in [0.2, 0.25) is 0 Å². The number of nitrogens with zero attached hydrogens (tertiary/aromatic N) is 2. The molecular formula is C20H21ClN3O3+.